The molecule has 0 aliphatic rings. The number of hydrogen-bond acceptors (Lipinski definition) is 1. The number of thiol groups is 1. The molecule has 0 amide bonds. The van der Waals surface area contributed by atoms with Crippen molar-refractivity contribution in [1.29, 1.82) is 0 Å². The molecule has 6 heavy (non-hydrogen) atoms. The number of nitrogens with zero attached hydrogens (tertiary/aromatic N) is 1. The Bertz CT molecular complexity index is 48.8. The van der Waals surface area contributed by atoms with Crippen LogP contribution in [0.4, 0.5) is 0 Å². The van der Waals surface area contributed by atoms with E-state index >= 15 is 0 Å². The summed E-state index contributed by atoms with van der Waals surface area (Å²) in [6, 6.07) is 0. The van der Waals surface area contributed by atoms with Gasteiger partial charge in [-0.2, -0.15) is 12.6 Å². The minimum Gasteiger partial charge on any atom is -0.660 e. The van der Waals surface area contributed by atoms with Crippen molar-refractivity contribution in [3.8, 4) is 0 Å². The smallest absolute Gasteiger partial charge is 0.660 e. The van der Waals surface area contributed by atoms with Crippen LogP contribution in [0.15, 0.2) is 11.6 Å². The summed E-state index contributed by atoms with van der Waals surface area (Å²) < 4.78 is 0. The minimum absolute atomic E-state index is 0. The molecule has 0 aliphatic carbocycles. The Morgan fingerprint density at radius 2 is 2.00 bits per heavy atom. The van der Waals surface area contributed by atoms with Gasteiger partial charge in [-0.3, -0.25) is 0 Å². The maximum Gasteiger partial charge on any atom is 1.00 e. The summed E-state index contributed by atoms with van der Waals surface area (Å²) in [5, 5.41) is 4.01. The summed E-state index contributed by atoms with van der Waals surface area (Å²) in [4.78, 5) is 0. The van der Waals surface area contributed by atoms with Gasteiger partial charge in [0.1, 0.15) is 0 Å². The fourth-order valence-corrected chi connectivity index (χ4v) is 0. The van der Waals surface area contributed by atoms with E-state index in [0.29, 0.717) is 5.03 Å². The summed E-state index contributed by atoms with van der Waals surface area (Å²) in [6.45, 7) is 3.35. The normalized spacial score (nSPS) is 5.67. The van der Waals surface area contributed by atoms with E-state index in [1.165, 1.54) is 0 Å². The zero-order valence-corrected chi connectivity index (χ0v) is 10.6. The summed E-state index contributed by atoms with van der Waals surface area (Å²) in [5.74, 6) is 0. The molecule has 0 heterocycles. The molecule has 0 saturated heterocycles. The zero-order valence-electron chi connectivity index (χ0n) is 3.68. The standard InChI is InChI=1S/C2H5NPS.Rb/c1-2(5)3-4;/h5H,1,4H2;/q-1;+1. The van der Waals surface area contributed by atoms with Gasteiger partial charge in [0.2, 0.25) is 0 Å². The number of rotatable bonds is 1. The molecule has 0 fully saturated rings. The monoisotopic (exact) mass is 191 g/mol. The van der Waals surface area contributed by atoms with Gasteiger partial charge in [0, 0.05) is 0 Å². The van der Waals surface area contributed by atoms with Crippen molar-refractivity contribution in [1.82, 2.24) is 0 Å². The average molecular weight is 192 g/mol. The Kier molecular flexibility index (Phi) is 13.1. The van der Waals surface area contributed by atoms with E-state index in [9.17, 15) is 0 Å². The molecular weight excluding hydrogens is 187 g/mol. The molecule has 0 N–H and O–H groups in total. The zero-order chi connectivity index (χ0) is 4.28. The quantitative estimate of drug-likeness (QED) is 0.386. The van der Waals surface area contributed by atoms with Gasteiger partial charge in [0.05, 0.1) is 0 Å². The van der Waals surface area contributed by atoms with Crippen molar-refractivity contribution in [3.05, 3.63) is 16.7 Å². The van der Waals surface area contributed by atoms with Crippen LogP contribution >= 0.6 is 22.0 Å². The predicted molar refractivity (Wildman–Crippen MR) is 31.2 cm³/mol. The van der Waals surface area contributed by atoms with Crippen LogP contribution < -0.4 is 58.2 Å². The molecule has 0 radical (unpaired) electrons. The molecule has 1 nitrogen and oxygen atoms in total. The molecule has 0 aromatic rings. The van der Waals surface area contributed by atoms with Crippen LogP contribution in [-0.2, 0) is 0 Å². The third-order valence-corrected chi connectivity index (χ3v) is 0.793. The minimum atomic E-state index is 0. The maximum absolute atomic E-state index is 3.72. The first-order chi connectivity index (χ1) is 2.27. The summed E-state index contributed by atoms with van der Waals surface area (Å²) in [5.41, 5.74) is 0. The van der Waals surface area contributed by atoms with Gasteiger partial charge in [-0.15, -0.1) is 11.6 Å². The van der Waals surface area contributed by atoms with Crippen LogP contribution in [0.3, 0.4) is 0 Å². The van der Waals surface area contributed by atoms with E-state index in [-0.39, 0.29) is 58.2 Å². The number of hydrogen-bond donors (Lipinski definition) is 1. The third kappa shape index (κ3) is 9.45. The molecule has 0 aliphatic heterocycles. The molecule has 0 spiro atoms. The molecule has 0 bridgehead atoms. The second-order valence-electron chi connectivity index (χ2n) is 0.545. The molecule has 0 aromatic carbocycles. The van der Waals surface area contributed by atoms with Crippen molar-refractivity contribution in [2.24, 2.45) is 0 Å². The van der Waals surface area contributed by atoms with Crippen molar-refractivity contribution in [2.75, 3.05) is 0 Å². The Labute approximate surface area is 94.8 Å². The topological polar surface area (TPSA) is 14.1 Å². The van der Waals surface area contributed by atoms with Crippen LogP contribution in [0.5, 0.6) is 0 Å². The first-order valence-electron chi connectivity index (χ1n) is 1.06. The van der Waals surface area contributed by atoms with E-state index in [2.05, 4.69) is 33.7 Å². The van der Waals surface area contributed by atoms with Crippen LogP contribution in [0.2, 0.25) is 0 Å². The van der Waals surface area contributed by atoms with Crippen LogP contribution in [0, 0.1) is 0 Å². The van der Waals surface area contributed by atoms with E-state index < -0.39 is 0 Å². The maximum atomic E-state index is 3.72. The van der Waals surface area contributed by atoms with Gasteiger partial charge in [0.15, 0.2) is 0 Å². The summed E-state index contributed by atoms with van der Waals surface area (Å²) in [7, 11) is 2.14. The molecule has 1 atom stereocenters. The fourth-order valence-electron chi connectivity index (χ4n) is 0. The molecule has 30 valence electrons. The Hall–Kier alpha value is 2.13. The largest absolute Gasteiger partial charge is 1.00 e. The van der Waals surface area contributed by atoms with Gasteiger partial charge >= 0.3 is 58.2 Å². The molecule has 0 saturated carbocycles. The van der Waals surface area contributed by atoms with E-state index in [4.69, 9.17) is 0 Å². The second-order valence-corrected chi connectivity index (χ2v) is 1.32. The predicted octanol–water partition coefficient (Wildman–Crippen LogP) is -1.44. The summed E-state index contributed by atoms with van der Waals surface area (Å²) >= 11 is 3.72. The summed E-state index contributed by atoms with van der Waals surface area (Å²) in [6.07, 6.45) is 0. The molecular formula is C2H5NPRbS. The van der Waals surface area contributed by atoms with E-state index in [0.717, 1.165) is 0 Å². The molecule has 4 heteroatoms. The van der Waals surface area contributed by atoms with Crippen molar-refractivity contribution < 1.29 is 58.2 Å². The van der Waals surface area contributed by atoms with E-state index in [1.807, 2.05) is 0 Å². The third-order valence-electron chi connectivity index (χ3n) is 0.149. The average Bonchev–Trinajstić information content (AvgIpc) is 1.38. The Morgan fingerprint density at radius 1 is 1.83 bits per heavy atom. The van der Waals surface area contributed by atoms with Crippen LogP contribution in [-0.4, -0.2) is 0 Å². The Balaban J connectivity index is 0. The van der Waals surface area contributed by atoms with Crippen LogP contribution in [0.1, 0.15) is 0 Å². The van der Waals surface area contributed by atoms with Gasteiger partial charge in [0.25, 0.3) is 0 Å². The van der Waals surface area contributed by atoms with Gasteiger partial charge in [-0.1, -0.05) is 0 Å². The molecule has 0 aromatic heterocycles. The van der Waals surface area contributed by atoms with Crippen molar-refractivity contribution in [3.63, 3.8) is 0 Å². The van der Waals surface area contributed by atoms with Crippen molar-refractivity contribution >= 4 is 22.0 Å². The van der Waals surface area contributed by atoms with Gasteiger partial charge in [-0.05, 0) is 0 Å². The molecule has 0 rings (SSSR count). The fraction of sp³-hybridized carbons (Fsp3) is 0. The van der Waals surface area contributed by atoms with Crippen molar-refractivity contribution in [2.45, 2.75) is 0 Å². The van der Waals surface area contributed by atoms with Crippen LogP contribution in [0.25, 0.3) is 5.09 Å². The van der Waals surface area contributed by atoms with E-state index in [1.54, 1.807) is 0 Å². The van der Waals surface area contributed by atoms with Gasteiger partial charge < -0.3 is 5.09 Å². The first kappa shape index (κ1) is 11.0. The first-order valence-corrected chi connectivity index (χ1v) is 2.02. The Morgan fingerprint density at radius 3 is 2.00 bits per heavy atom. The SMILES string of the molecule is C=C(S)[N-]P.[Rb+]. The molecule has 1 unspecified atom stereocenters. The van der Waals surface area contributed by atoms with Gasteiger partial charge in [-0.25, -0.2) is 9.39 Å². The second kappa shape index (κ2) is 7.13.